The first-order valence-electron chi connectivity index (χ1n) is 13.2. The minimum atomic E-state index is 0.229. The number of benzene rings is 3. The molecule has 7 rings (SSSR count). The molecular formula is C34H30N2. The summed E-state index contributed by atoms with van der Waals surface area (Å²) >= 11 is 0. The maximum Gasteiger partial charge on any atom is 0.121 e. The molecule has 36 heavy (non-hydrogen) atoms. The number of imidazole rings is 1. The lowest BCUT2D eigenvalue weighted by molar-refractivity contribution is 0.736. The van der Waals surface area contributed by atoms with Gasteiger partial charge in [-0.15, -0.1) is 0 Å². The number of rotatable bonds is 3. The van der Waals surface area contributed by atoms with Crippen LogP contribution in [0.1, 0.15) is 64.6 Å². The van der Waals surface area contributed by atoms with Crippen LogP contribution >= 0.6 is 0 Å². The van der Waals surface area contributed by atoms with Gasteiger partial charge in [-0.2, -0.15) is 0 Å². The monoisotopic (exact) mass is 466 g/mol. The molecule has 176 valence electrons. The molecule has 0 bridgehead atoms. The van der Waals surface area contributed by atoms with Crippen molar-refractivity contribution in [1.29, 1.82) is 0 Å². The van der Waals surface area contributed by atoms with Crippen LogP contribution in [-0.2, 0) is 12.8 Å². The molecule has 0 saturated heterocycles. The highest BCUT2D eigenvalue weighted by atomic mass is 15.1. The number of hydrogen-bond acceptors (Lipinski definition) is 1. The van der Waals surface area contributed by atoms with Crippen molar-refractivity contribution < 1.29 is 0 Å². The van der Waals surface area contributed by atoms with Crippen LogP contribution in [-0.4, -0.2) is 9.55 Å². The molecule has 1 aromatic heterocycles. The summed E-state index contributed by atoms with van der Waals surface area (Å²) in [5.74, 6) is 1.38. The van der Waals surface area contributed by atoms with Crippen molar-refractivity contribution in [2.45, 2.75) is 44.9 Å². The van der Waals surface area contributed by atoms with E-state index in [0.29, 0.717) is 0 Å². The van der Waals surface area contributed by atoms with E-state index in [1.807, 2.05) is 0 Å². The Morgan fingerprint density at radius 3 is 2.47 bits per heavy atom. The Balaban J connectivity index is 1.43. The molecule has 0 N–H and O–H groups in total. The highest BCUT2D eigenvalue weighted by Gasteiger charge is 2.26. The van der Waals surface area contributed by atoms with Gasteiger partial charge in [0.1, 0.15) is 5.82 Å². The maximum absolute atomic E-state index is 5.23. The van der Waals surface area contributed by atoms with Crippen LogP contribution in [0.25, 0.3) is 34.2 Å². The lowest BCUT2D eigenvalue weighted by atomic mass is 9.80. The minimum Gasteiger partial charge on any atom is -0.300 e. The predicted octanol–water partition coefficient (Wildman–Crippen LogP) is 8.38. The lowest BCUT2D eigenvalue weighted by Crippen LogP contribution is -2.11. The van der Waals surface area contributed by atoms with Crippen LogP contribution in [0.2, 0.25) is 0 Å². The topological polar surface area (TPSA) is 17.8 Å². The smallest absolute Gasteiger partial charge is 0.121 e. The van der Waals surface area contributed by atoms with Gasteiger partial charge < -0.3 is 0 Å². The molecule has 0 aliphatic heterocycles. The fraction of sp³-hybridized carbons (Fsp3) is 0.206. The molecule has 1 atom stereocenters. The average Bonchev–Trinajstić information content (AvgIpc) is 3.34. The third-order valence-corrected chi connectivity index (χ3v) is 8.05. The number of nitrogens with zero attached hydrogens (tertiary/aromatic N) is 2. The SMILES string of the molecule is Cc1c2c(c(C3=CC(c4nc5c(n4-c4ccccc4)CCC=C5)CC=C3)c3ccccc13)C=CCC2. The van der Waals surface area contributed by atoms with Gasteiger partial charge in [0.15, 0.2) is 0 Å². The Kier molecular flexibility index (Phi) is 5.13. The van der Waals surface area contributed by atoms with E-state index >= 15 is 0 Å². The fourth-order valence-corrected chi connectivity index (χ4v) is 6.36. The molecule has 4 aromatic rings. The van der Waals surface area contributed by atoms with E-state index in [0.717, 1.165) is 43.6 Å². The van der Waals surface area contributed by atoms with Crippen LogP contribution < -0.4 is 0 Å². The van der Waals surface area contributed by atoms with Gasteiger partial charge in [-0.25, -0.2) is 4.98 Å². The predicted molar refractivity (Wildman–Crippen MR) is 151 cm³/mol. The molecular weight excluding hydrogens is 436 g/mol. The van der Waals surface area contributed by atoms with Crippen LogP contribution in [0.5, 0.6) is 0 Å². The van der Waals surface area contributed by atoms with E-state index in [1.54, 1.807) is 0 Å². The van der Waals surface area contributed by atoms with Crippen LogP contribution in [0.3, 0.4) is 0 Å². The van der Waals surface area contributed by atoms with Crippen molar-refractivity contribution in [3.63, 3.8) is 0 Å². The van der Waals surface area contributed by atoms with E-state index in [2.05, 4.69) is 109 Å². The summed E-state index contributed by atoms with van der Waals surface area (Å²) in [5.41, 5.74) is 10.7. The second-order valence-electron chi connectivity index (χ2n) is 10.2. The highest BCUT2D eigenvalue weighted by Crippen LogP contribution is 2.41. The molecule has 0 radical (unpaired) electrons. The summed E-state index contributed by atoms with van der Waals surface area (Å²) in [6.07, 6.45) is 21.7. The van der Waals surface area contributed by atoms with Crippen molar-refractivity contribution in [2.24, 2.45) is 0 Å². The third kappa shape index (κ3) is 3.36. The Morgan fingerprint density at radius 2 is 1.58 bits per heavy atom. The van der Waals surface area contributed by atoms with Gasteiger partial charge in [0.05, 0.1) is 11.4 Å². The summed E-state index contributed by atoms with van der Waals surface area (Å²) in [4.78, 5) is 5.23. The molecule has 2 nitrogen and oxygen atoms in total. The Hall–Kier alpha value is -3.91. The van der Waals surface area contributed by atoms with Gasteiger partial charge in [-0.1, -0.05) is 78.9 Å². The average molecular weight is 467 g/mol. The molecule has 3 aromatic carbocycles. The third-order valence-electron chi connectivity index (χ3n) is 8.05. The van der Waals surface area contributed by atoms with Crippen LogP contribution in [0.4, 0.5) is 0 Å². The summed E-state index contributed by atoms with van der Waals surface area (Å²) < 4.78 is 2.43. The Bertz CT molecular complexity index is 1610. The molecule has 0 spiro atoms. The van der Waals surface area contributed by atoms with Gasteiger partial charge in [0.25, 0.3) is 0 Å². The molecule has 3 aliphatic rings. The molecule has 1 heterocycles. The molecule has 3 aliphatic carbocycles. The minimum absolute atomic E-state index is 0.229. The molecule has 0 fully saturated rings. The molecule has 2 heteroatoms. The summed E-state index contributed by atoms with van der Waals surface area (Å²) in [6.45, 7) is 2.30. The normalized spacial score (nSPS) is 18.2. The maximum atomic E-state index is 5.23. The van der Waals surface area contributed by atoms with E-state index in [-0.39, 0.29) is 5.92 Å². The highest BCUT2D eigenvalue weighted by molar-refractivity contribution is 6.02. The number of para-hydroxylation sites is 1. The van der Waals surface area contributed by atoms with Gasteiger partial charge in [0.2, 0.25) is 0 Å². The van der Waals surface area contributed by atoms with Crippen LogP contribution in [0.15, 0.2) is 85.0 Å². The molecule has 0 amide bonds. The number of aromatic nitrogens is 2. The van der Waals surface area contributed by atoms with Gasteiger partial charge in [-0.3, -0.25) is 4.57 Å². The number of allylic oxidation sites excluding steroid dienone is 6. The summed E-state index contributed by atoms with van der Waals surface area (Å²) in [6, 6.07) is 19.7. The number of aryl methyl sites for hydroxylation is 1. The van der Waals surface area contributed by atoms with Gasteiger partial charge in [0, 0.05) is 11.6 Å². The fourth-order valence-electron chi connectivity index (χ4n) is 6.36. The first-order chi connectivity index (χ1) is 17.8. The zero-order chi connectivity index (χ0) is 24.1. The second-order valence-corrected chi connectivity index (χ2v) is 10.2. The van der Waals surface area contributed by atoms with E-state index < -0.39 is 0 Å². The van der Waals surface area contributed by atoms with Gasteiger partial charge in [-0.05, 0) is 95.8 Å². The number of hydrogen-bond donors (Lipinski definition) is 0. The van der Waals surface area contributed by atoms with Crippen molar-refractivity contribution in [3.05, 3.63) is 124 Å². The summed E-state index contributed by atoms with van der Waals surface area (Å²) in [5, 5.41) is 2.73. The second kappa shape index (κ2) is 8.64. The first-order valence-corrected chi connectivity index (χ1v) is 13.2. The number of fused-ring (bicyclic) bond motifs is 3. The van der Waals surface area contributed by atoms with Crippen molar-refractivity contribution in [3.8, 4) is 5.69 Å². The van der Waals surface area contributed by atoms with Crippen molar-refractivity contribution in [2.75, 3.05) is 0 Å². The Labute approximate surface area is 213 Å². The summed E-state index contributed by atoms with van der Waals surface area (Å²) in [7, 11) is 0. The lowest BCUT2D eigenvalue weighted by Gasteiger charge is -2.25. The van der Waals surface area contributed by atoms with Gasteiger partial charge >= 0.3 is 0 Å². The van der Waals surface area contributed by atoms with E-state index in [4.69, 9.17) is 4.98 Å². The van der Waals surface area contributed by atoms with Crippen LogP contribution in [0, 0.1) is 6.92 Å². The molecule has 1 unspecified atom stereocenters. The largest absolute Gasteiger partial charge is 0.300 e. The quantitative estimate of drug-likeness (QED) is 0.296. The van der Waals surface area contributed by atoms with E-state index in [1.165, 1.54) is 50.0 Å². The van der Waals surface area contributed by atoms with Crippen molar-refractivity contribution in [1.82, 2.24) is 9.55 Å². The zero-order valence-electron chi connectivity index (χ0n) is 20.7. The Morgan fingerprint density at radius 1 is 0.806 bits per heavy atom. The first kappa shape index (κ1) is 21.4. The zero-order valence-corrected chi connectivity index (χ0v) is 20.7. The van der Waals surface area contributed by atoms with Crippen molar-refractivity contribution >= 4 is 28.5 Å². The van der Waals surface area contributed by atoms with E-state index in [9.17, 15) is 0 Å². The standard InChI is InChI=1S/C34H30N2/c1-23-27-16-5-7-18-29(27)33(30-19-8-6-17-28(23)30)24-12-11-13-25(22-24)34-35-31-20-9-10-21-32(31)36(34)26-14-3-2-4-15-26/h2-5,7-9,11-12,14-16,18-20,22,25H,6,10,13,17,21H2,1H3. The molecule has 0 saturated carbocycles.